The molecule has 2 unspecified atom stereocenters. The number of hydrogen-bond donors (Lipinski definition) is 0. The Balaban J connectivity index is 1.43. The molecule has 0 aromatic heterocycles. The van der Waals surface area contributed by atoms with E-state index < -0.39 is 18.0 Å². The van der Waals surface area contributed by atoms with Crippen molar-refractivity contribution in [3.05, 3.63) is 102 Å². The molecule has 4 nitrogen and oxygen atoms in total. The number of alkyl halides is 3. The molecule has 7 heteroatoms. The van der Waals surface area contributed by atoms with Crippen LogP contribution in [0.3, 0.4) is 0 Å². The van der Waals surface area contributed by atoms with Crippen molar-refractivity contribution in [1.82, 2.24) is 0 Å². The summed E-state index contributed by atoms with van der Waals surface area (Å²) in [5, 5.41) is 0. The number of hydrogen-bond acceptors (Lipinski definition) is 4. The maximum absolute atomic E-state index is 12.8. The summed E-state index contributed by atoms with van der Waals surface area (Å²) in [4.78, 5) is 0. The Morgan fingerprint density at radius 1 is 0.794 bits per heavy atom. The van der Waals surface area contributed by atoms with Gasteiger partial charge >= 0.3 is 6.18 Å². The van der Waals surface area contributed by atoms with Crippen molar-refractivity contribution in [2.24, 2.45) is 0 Å². The summed E-state index contributed by atoms with van der Waals surface area (Å²) >= 11 is 0. The Kier molecular flexibility index (Phi) is 7.88. The lowest BCUT2D eigenvalue weighted by molar-refractivity contribution is -0.243. The van der Waals surface area contributed by atoms with E-state index in [1.165, 1.54) is 12.1 Å². The summed E-state index contributed by atoms with van der Waals surface area (Å²) in [6.45, 7) is 2.70. The molecule has 34 heavy (non-hydrogen) atoms. The van der Waals surface area contributed by atoms with Gasteiger partial charge in [-0.3, -0.25) is 0 Å². The molecule has 0 amide bonds. The van der Waals surface area contributed by atoms with Gasteiger partial charge in [0.15, 0.2) is 0 Å². The molecule has 180 valence electrons. The third kappa shape index (κ3) is 6.59. The number of benzene rings is 3. The molecular formula is C27H27F3O4. The lowest BCUT2D eigenvalue weighted by Gasteiger charge is -2.40. The van der Waals surface area contributed by atoms with Gasteiger partial charge in [-0.15, -0.1) is 0 Å². The second-order valence-corrected chi connectivity index (χ2v) is 8.24. The summed E-state index contributed by atoms with van der Waals surface area (Å²) in [5.41, 5.74) is 1.35. The predicted octanol–water partition coefficient (Wildman–Crippen LogP) is 6.39. The molecule has 1 saturated heterocycles. The van der Waals surface area contributed by atoms with Gasteiger partial charge in [-0.1, -0.05) is 60.7 Å². The van der Waals surface area contributed by atoms with Gasteiger partial charge in [0.2, 0.25) is 6.29 Å². The van der Waals surface area contributed by atoms with Gasteiger partial charge in [0.1, 0.15) is 11.9 Å². The molecule has 0 spiro atoms. The van der Waals surface area contributed by atoms with Gasteiger partial charge < -0.3 is 18.9 Å². The van der Waals surface area contributed by atoms with Crippen molar-refractivity contribution in [3.8, 4) is 5.75 Å². The third-order valence-corrected chi connectivity index (χ3v) is 5.66. The molecule has 4 rings (SSSR count). The molecule has 0 radical (unpaired) electrons. The van der Waals surface area contributed by atoms with E-state index in [0.717, 1.165) is 23.3 Å². The predicted molar refractivity (Wildman–Crippen MR) is 121 cm³/mol. The molecule has 1 heterocycles. The maximum atomic E-state index is 12.8. The number of ether oxygens (including phenoxy) is 4. The highest BCUT2D eigenvalue weighted by Gasteiger charge is 2.39. The van der Waals surface area contributed by atoms with Crippen LogP contribution >= 0.6 is 0 Å². The highest BCUT2D eigenvalue weighted by molar-refractivity contribution is 5.29. The van der Waals surface area contributed by atoms with Crippen LogP contribution in [-0.2, 0) is 33.6 Å². The number of rotatable bonds is 8. The lowest BCUT2D eigenvalue weighted by Crippen LogP contribution is -2.50. The summed E-state index contributed by atoms with van der Waals surface area (Å²) in [5.74, 6) is 0.302. The van der Waals surface area contributed by atoms with Crippen LogP contribution in [0.5, 0.6) is 5.75 Å². The molecule has 0 bridgehead atoms. The Morgan fingerprint density at radius 3 is 1.91 bits per heavy atom. The zero-order valence-corrected chi connectivity index (χ0v) is 18.8. The zero-order valence-electron chi connectivity index (χ0n) is 18.8. The van der Waals surface area contributed by atoms with Crippen molar-refractivity contribution in [2.75, 3.05) is 0 Å². The van der Waals surface area contributed by atoms with Crippen LogP contribution in [0.1, 0.15) is 30.0 Å². The minimum absolute atomic E-state index is 0.302. The monoisotopic (exact) mass is 472 g/mol. The second kappa shape index (κ2) is 11.0. The van der Waals surface area contributed by atoms with E-state index in [1.807, 2.05) is 67.6 Å². The van der Waals surface area contributed by atoms with Crippen molar-refractivity contribution < 1.29 is 32.1 Å². The largest absolute Gasteiger partial charge is 0.465 e. The topological polar surface area (TPSA) is 36.9 Å². The second-order valence-electron chi connectivity index (χ2n) is 8.24. The first-order valence-electron chi connectivity index (χ1n) is 11.2. The number of halogens is 3. The lowest BCUT2D eigenvalue weighted by atomic mass is 10.0. The van der Waals surface area contributed by atoms with Crippen LogP contribution in [0, 0.1) is 0 Å². The first-order valence-corrected chi connectivity index (χ1v) is 11.2. The van der Waals surface area contributed by atoms with Crippen molar-refractivity contribution in [2.45, 2.75) is 57.3 Å². The van der Waals surface area contributed by atoms with Crippen molar-refractivity contribution in [3.63, 3.8) is 0 Å². The fourth-order valence-corrected chi connectivity index (χ4v) is 3.90. The van der Waals surface area contributed by atoms with Crippen LogP contribution < -0.4 is 4.74 Å². The zero-order chi connectivity index (χ0) is 24.0. The normalized spacial score (nSPS) is 22.9. The molecule has 0 N–H and O–H groups in total. The highest BCUT2D eigenvalue weighted by Crippen LogP contribution is 2.32. The minimum Gasteiger partial charge on any atom is -0.465 e. The van der Waals surface area contributed by atoms with Crippen LogP contribution in [0.25, 0.3) is 0 Å². The molecule has 4 atom stereocenters. The van der Waals surface area contributed by atoms with Gasteiger partial charge in [-0.05, 0) is 42.3 Å². The molecule has 3 aromatic rings. The standard InChI is InChI=1S/C27H27F3O4/c1-19-26(32-18-21-10-6-3-7-11-21)24(31-17-20-8-4-2-5-9-20)16-25(33-19)34-23-14-12-22(13-15-23)27(28,29)30/h2-15,19,24-26H,16-18H2,1H3/t19?,24-,25-,26?/m1/s1. The van der Waals surface area contributed by atoms with E-state index in [1.54, 1.807) is 0 Å². The first-order chi connectivity index (χ1) is 16.4. The molecule has 0 aliphatic carbocycles. The summed E-state index contributed by atoms with van der Waals surface area (Å²) in [7, 11) is 0. The fourth-order valence-electron chi connectivity index (χ4n) is 3.90. The molecule has 1 aliphatic heterocycles. The average molecular weight is 473 g/mol. The summed E-state index contributed by atoms with van der Waals surface area (Å²) < 4.78 is 62.9. The van der Waals surface area contributed by atoms with Gasteiger partial charge in [-0.25, -0.2) is 0 Å². The Hall–Kier alpha value is -2.87. The molecular weight excluding hydrogens is 445 g/mol. The van der Waals surface area contributed by atoms with Gasteiger partial charge in [0.05, 0.1) is 31.0 Å². The van der Waals surface area contributed by atoms with Gasteiger partial charge in [0, 0.05) is 6.42 Å². The Bertz CT molecular complexity index is 1010. The van der Waals surface area contributed by atoms with E-state index in [9.17, 15) is 13.2 Å². The maximum Gasteiger partial charge on any atom is 0.416 e. The van der Waals surface area contributed by atoms with E-state index in [2.05, 4.69) is 0 Å². The molecule has 1 fully saturated rings. The van der Waals surface area contributed by atoms with Crippen LogP contribution in [0.4, 0.5) is 13.2 Å². The van der Waals surface area contributed by atoms with Gasteiger partial charge in [-0.2, -0.15) is 13.2 Å². The third-order valence-electron chi connectivity index (χ3n) is 5.66. The smallest absolute Gasteiger partial charge is 0.416 e. The average Bonchev–Trinajstić information content (AvgIpc) is 2.83. The minimum atomic E-state index is -4.39. The molecule has 0 saturated carbocycles. The van der Waals surface area contributed by atoms with E-state index in [-0.39, 0.29) is 18.3 Å². The fraction of sp³-hybridized carbons (Fsp3) is 0.333. The Morgan fingerprint density at radius 2 is 1.35 bits per heavy atom. The van der Waals surface area contributed by atoms with Crippen LogP contribution in [-0.4, -0.2) is 24.6 Å². The highest BCUT2D eigenvalue weighted by atomic mass is 19.4. The quantitative estimate of drug-likeness (QED) is 0.381. The molecule has 1 aliphatic rings. The molecule has 3 aromatic carbocycles. The van der Waals surface area contributed by atoms with Crippen molar-refractivity contribution in [1.29, 1.82) is 0 Å². The van der Waals surface area contributed by atoms with Gasteiger partial charge in [0.25, 0.3) is 0 Å². The van der Waals surface area contributed by atoms with Crippen LogP contribution in [0.2, 0.25) is 0 Å². The SMILES string of the molecule is CC1O[C@H](Oc2ccc(C(F)(F)F)cc2)C[C@@H](OCc2ccccc2)C1OCc1ccccc1. The van der Waals surface area contributed by atoms with E-state index >= 15 is 0 Å². The first kappa shape index (κ1) is 24.3. The van der Waals surface area contributed by atoms with Crippen molar-refractivity contribution >= 4 is 0 Å². The summed E-state index contributed by atoms with van der Waals surface area (Å²) in [6.07, 6.45) is -5.71. The Labute approximate surface area is 197 Å². The summed E-state index contributed by atoms with van der Waals surface area (Å²) in [6, 6.07) is 24.2. The van der Waals surface area contributed by atoms with E-state index in [4.69, 9.17) is 18.9 Å². The van der Waals surface area contributed by atoms with Crippen LogP contribution in [0.15, 0.2) is 84.9 Å². The van der Waals surface area contributed by atoms with E-state index in [0.29, 0.717) is 25.4 Å².